The molecule has 0 fully saturated rings. The van der Waals surface area contributed by atoms with Gasteiger partial charge in [-0.2, -0.15) is 0 Å². The van der Waals surface area contributed by atoms with Gasteiger partial charge < -0.3 is 24.4 Å². The third kappa shape index (κ3) is 9.38. The fraction of sp³-hybridized carbons (Fsp3) is 0.158. The van der Waals surface area contributed by atoms with Gasteiger partial charge in [0.25, 0.3) is 15.9 Å². The molecule has 12 heteroatoms. The lowest BCUT2D eigenvalue weighted by molar-refractivity contribution is -0.143. The van der Waals surface area contributed by atoms with Gasteiger partial charge in [0.2, 0.25) is 5.91 Å². The summed E-state index contributed by atoms with van der Waals surface area (Å²) in [5, 5.41) is 2.97. The molecule has 5 rings (SSSR count). The summed E-state index contributed by atoms with van der Waals surface area (Å²) in [6, 6.07) is 32.9. The highest BCUT2D eigenvalue weighted by Gasteiger charge is 2.32. The first-order valence-electron chi connectivity index (χ1n) is 15.5. The molecule has 258 valence electrons. The van der Waals surface area contributed by atoms with Gasteiger partial charge >= 0.3 is 0 Å². The maximum Gasteiger partial charge on any atom is 0.261 e. The van der Waals surface area contributed by atoms with Gasteiger partial charge in [-0.3, -0.25) is 14.3 Å². The number of ether oxygens (including phenoxy) is 3. The first-order valence-corrected chi connectivity index (χ1v) is 17.0. The molecule has 1 atom stereocenters. The molecular formula is C38H36FN3O7S. The fourth-order valence-electron chi connectivity index (χ4n) is 5.06. The summed E-state index contributed by atoms with van der Waals surface area (Å²) < 4.78 is 57.7. The van der Waals surface area contributed by atoms with E-state index in [2.05, 4.69) is 10.0 Å². The van der Waals surface area contributed by atoms with Gasteiger partial charge in [0, 0.05) is 18.8 Å². The molecule has 0 aliphatic carbocycles. The number of carbonyl (C=O) groups excluding carboxylic acids is 2. The molecule has 5 aromatic carbocycles. The predicted octanol–water partition coefficient (Wildman–Crippen LogP) is 6.11. The van der Waals surface area contributed by atoms with Crippen LogP contribution in [0.2, 0.25) is 0 Å². The lowest BCUT2D eigenvalue weighted by atomic mass is 10.0. The SMILES string of the molecule is COc1ccc(CNC(=O)C(c2ccccc2)N(Cc2ccc(OC)cc2)C(=O)COc2ccc(S(=O)(=O)Nc3ccc(F)cc3)cc2)cc1. The van der Waals surface area contributed by atoms with Crippen LogP contribution in [-0.4, -0.2) is 46.0 Å². The largest absolute Gasteiger partial charge is 0.497 e. The van der Waals surface area contributed by atoms with Crippen molar-refractivity contribution in [3.8, 4) is 17.2 Å². The van der Waals surface area contributed by atoms with Crippen molar-refractivity contribution in [1.82, 2.24) is 10.2 Å². The molecule has 0 saturated heterocycles. The van der Waals surface area contributed by atoms with Gasteiger partial charge in [-0.05, 0) is 89.5 Å². The predicted molar refractivity (Wildman–Crippen MR) is 187 cm³/mol. The number of anilines is 1. The zero-order valence-electron chi connectivity index (χ0n) is 27.4. The van der Waals surface area contributed by atoms with Crippen molar-refractivity contribution in [2.75, 3.05) is 25.5 Å². The van der Waals surface area contributed by atoms with Gasteiger partial charge in [-0.15, -0.1) is 0 Å². The van der Waals surface area contributed by atoms with E-state index in [4.69, 9.17) is 14.2 Å². The molecule has 0 aromatic heterocycles. The van der Waals surface area contributed by atoms with Gasteiger partial charge in [0.05, 0.1) is 19.1 Å². The number of carbonyl (C=O) groups is 2. The van der Waals surface area contributed by atoms with Crippen LogP contribution >= 0.6 is 0 Å². The smallest absolute Gasteiger partial charge is 0.261 e. The van der Waals surface area contributed by atoms with Crippen molar-refractivity contribution in [1.29, 1.82) is 0 Å². The summed E-state index contributed by atoms with van der Waals surface area (Å²) in [5.74, 6) is 0.210. The lowest BCUT2D eigenvalue weighted by Gasteiger charge is -2.31. The summed E-state index contributed by atoms with van der Waals surface area (Å²) in [5.41, 5.74) is 2.41. The van der Waals surface area contributed by atoms with Crippen molar-refractivity contribution in [2.45, 2.75) is 24.0 Å². The monoisotopic (exact) mass is 697 g/mol. The molecular weight excluding hydrogens is 661 g/mol. The van der Waals surface area contributed by atoms with E-state index in [1.165, 1.54) is 41.3 Å². The number of nitrogens with zero attached hydrogens (tertiary/aromatic N) is 1. The third-order valence-corrected chi connectivity index (χ3v) is 9.12. The number of rotatable bonds is 15. The van der Waals surface area contributed by atoms with E-state index in [9.17, 15) is 22.4 Å². The second-order valence-electron chi connectivity index (χ2n) is 11.1. The van der Waals surface area contributed by atoms with E-state index in [1.54, 1.807) is 62.8 Å². The van der Waals surface area contributed by atoms with E-state index in [-0.39, 0.29) is 29.4 Å². The molecule has 0 heterocycles. The summed E-state index contributed by atoms with van der Waals surface area (Å²) in [6.45, 7) is -0.141. The minimum atomic E-state index is -3.97. The van der Waals surface area contributed by atoms with Gasteiger partial charge in [-0.25, -0.2) is 12.8 Å². The zero-order valence-corrected chi connectivity index (χ0v) is 28.2. The highest BCUT2D eigenvalue weighted by molar-refractivity contribution is 7.92. The number of methoxy groups -OCH3 is 2. The minimum Gasteiger partial charge on any atom is -0.497 e. The van der Waals surface area contributed by atoms with Crippen molar-refractivity contribution < 1.29 is 36.6 Å². The van der Waals surface area contributed by atoms with Crippen molar-refractivity contribution in [2.24, 2.45) is 0 Å². The van der Waals surface area contributed by atoms with Gasteiger partial charge in [0.1, 0.15) is 29.1 Å². The summed E-state index contributed by atoms with van der Waals surface area (Å²) in [7, 11) is -0.833. The lowest BCUT2D eigenvalue weighted by Crippen LogP contribution is -2.45. The first kappa shape index (κ1) is 35.4. The van der Waals surface area contributed by atoms with Crippen molar-refractivity contribution in [3.63, 3.8) is 0 Å². The Morgan fingerprint density at radius 2 is 1.28 bits per heavy atom. The van der Waals surface area contributed by atoms with Gasteiger partial charge in [0.15, 0.2) is 6.61 Å². The van der Waals surface area contributed by atoms with Crippen LogP contribution in [0.1, 0.15) is 22.7 Å². The molecule has 0 aliphatic rings. The highest BCUT2D eigenvalue weighted by Crippen LogP contribution is 2.26. The Kier molecular flexibility index (Phi) is 11.7. The number of amides is 2. The number of hydrogen-bond acceptors (Lipinski definition) is 7. The second kappa shape index (κ2) is 16.5. The molecule has 5 aromatic rings. The number of hydrogen-bond donors (Lipinski definition) is 2. The molecule has 0 saturated carbocycles. The van der Waals surface area contributed by atoms with E-state index >= 15 is 0 Å². The zero-order chi connectivity index (χ0) is 35.5. The Bertz CT molecular complexity index is 1970. The maximum atomic E-state index is 14.0. The number of nitrogens with one attached hydrogen (secondary N) is 2. The quantitative estimate of drug-likeness (QED) is 0.135. The van der Waals surface area contributed by atoms with Gasteiger partial charge in [-0.1, -0.05) is 54.6 Å². The van der Waals surface area contributed by atoms with Crippen LogP contribution in [0, 0.1) is 5.82 Å². The molecule has 0 bridgehead atoms. The molecule has 1 unspecified atom stereocenters. The van der Waals surface area contributed by atoms with Crippen molar-refractivity contribution >= 4 is 27.5 Å². The summed E-state index contributed by atoms with van der Waals surface area (Å²) in [6.07, 6.45) is 0. The third-order valence-electron chi connectivity index (χ3n) is 7.73. The molecule has 0 spiro atoms. The Hall–Kier alpha value is -5.88. The molecule has 0 radical (unpaired) electrons. The average molecular weight is 698 g/mol. The van der Waals surface area contributed by atoms with Crippen LogP contribution < -0.4 is 24.2 Å². The Morgan fingerprint density at radius 3 is 1.86 bits per heavy atom. The first-order chi connectivity index (χ1) is 24.1. The maximum absolute atomic E-state index is 14.0. The van der Waals surface area contributed by atoms with Crippen LogP contribution in [0.5, 0.6) is 17.2 Å². The average Bonchev–Trinajstić information content (AvgIpc) is 3.14. The summed E-state index contributed by atoms with van der Waals surface area (Å²) >= 11 is 0. The van der Waals surface area contributed by atoms with E-state index in [1.807, 2.05) is 30.3 Å². The van der Waals surface area contributed by atoms with Crippen molar-refractivity contribution in [3.05, 3.63) is 150 Å². The normalized spacial score (nSPS) is 11.6. The number of halogens is 1. The number of benzene rings is 5. The molecule has 50 heavy (non-hydrogen) atoms. The van der Waals surface area contributed by atoms with E-state index in [0.717, 1.165) is 23.3 Å². The second-order valence-corrected chi connectivity index (χ2v) is 12.8. The minimum absolute atomic E-state index is 0.0562. The standard InChI is InChI=1S/C38H36FN3O7S/c1-47-32-16-8-27(9-17-32)24-40-38(44)37(29-6-4-3-5-7-29)42(25-28-10-18-33(48-2)19-11-28)36(43)26-49-34-20-22-35(23-21-34)50(45,46)41-31-14-12-30(39)13-15-31/h3-23,37,41H,24-26H2,1-2H3,(H,40,44). The van der Waals surface area contributed by atoms with Crippen LogP contribution in [-0.2, 0) is 32.7 Å². The fourth-order valence-corrected chi connectivity index (χ4v) is 6.12. The van der Waals surface area contributed by atoms with Crippen LogP contribution in [0.15, 0.2) is 132 Å². The van der Waals surface area contributed by atoms with Crippen LogP contribution in [0.3, 0.4) is 0 Å². The Morgan fingerprint density at radius 1 is 0.720 bits per heavy atom. The topological polar surface area (TPSA) is 123 Å². The number of sulfonamides is 1. The van der Waals surface area contributed by atoms with Crippen LogP contribution in [0.4, 0.5) is 10.1 Å². The molecule has 0 aliphatic heterocycles. The summed E-state index contributed by atoms with van der Waals surface area (Å²) in [4.78, 5) is 29.4. The van der Waals surface area contributed by atoms with E-state index < -0.39 is 40.3 Å². The van der Waals surface area contributed by atoms with E-state index in [0.29, 0.717) is 17.1 Å². The Labute approximate surface area is 290 Å². The Balaban J connectivity index is 1.36. The van der Waals surface area contributed by atoms with Crippen LogP contribution in [0.25, 0.3) is 0 Å². The molecule has 2 amide bonds. The highest BCUT2D eigenvalue weighted by atomic mass is 32.2. The molecule has 2 N–H and O–H groups in total. The molecule has 10 nitrogen and oxygen atoms in total.